The Bertz CT molecular complexity index is 2620. The first kappa shape index (κ1) is 21.1. The third kappa shape index (κ3) is 5.03. The molecule has 1 saturated heterocycles. The smallest absolute Gasteiger partial charge is 0.399 e. The van der Waals surface area contributed by atoms with Crippen LogP contribution >= 0.6 is 0 Å². The van der Waals surface area contributed by atoms with Crippen LogP contribution in [-0.4, -0.2) is 18.3 Å². The van der Waals surface area contributed by atoms with Crippen LogP contribution in [0.1, 0.15) is 37.3 Å². The lowest BCUT2D eigenvalue weighted by atomic mass is 9.76. The van der Waals surface area contributed by atoms with Crippen LogP contribution in [0.15, 0.2) is 139 Å². The van der Waals surface area contributed by atoms with Gasteiger partial charge in [-0.15, -0.1) is 0 Å². The predicted octanol–water partition coefficient (Wildman–Crippen LogP) is 10.4. The molecule has 0 N–H and O–H groups in total. The minimum absolute atomic E-state index is 0.0856. The van der Waals surface area contributed by atoms with Gasteiger partial charge in [0, 0.05) is 0 Å². The van der Waals surface area contributed by atoms with Gasteiger partial charge < -0.3 is 9.31 Å². The number of rotatable bonds is 4. The summed E-state index contributed by atoms with van der Waals surface area (Å²) in [5.74, 6) is 0. The number of hydrogen-bond acceptors (Lipinski definition) is 2. The second-order valence-corrected chi connectivity index (χ2v) is 12.8. The molecule has 0 aliphatic carbocycles. The highest BCUT2D eigenvalue weighted by atomic mass is 16.7. The minimum Gasteiger partial charge on any atom is -0.399 e. The van der Waals surface area contributed by atoms with Gasteiger partial charge in [0.1, 0.15) is 0 Å². The number of fused-ring (bicyclic) bond motifs is 3. The van der Waals surface area contributed by atoms with E-state index in [4.69, 9.17) is 17.5 Å². The van der Waals surface area contributed by atoms with Gasteiger partial charge in [-0.25, -0.2) is 0 Å². The van der Waals surface area contributed by atoms with Gasteiger partial charge in [-0.1, -0.05) is 109 Å². The molecule has 45 heavy (non-hydrogen) atoms. The molecular weight excluding hydrogens is 547 g/mol. The van der Waals surface area contributed by atoms with Crippen LogP contribution in [0, 0.1) is 0 Å². The Morgan fingerprint density at radius 1 is 0.467 bits per heavy atom. The fourth-order valence-electron chi connectivity index (χ4n) is 5.98. The average Bonchev–Trinajstić information content (AvgIpc) is 3.36. The SMILES string of the molecule is [2H]c1c([2H])c([2H])c2c([2H])c(-c3cc(B4OC(C)(C)C(C)(C)O4)cc(-c4ccc5cc(-c6ccc7ccccc7c6)ccc5c4)c3)c([2H])c([2H])c2c1[2H]. The summed E-state index contributed by atoms with van der Waals surface area (Å²) in [7, 11) is -0.759. The maximum Gasteiger partial charge on any atom is 0.494 e. The fourth-order valence-corrected chi connectivity index (χ4v) is 5.98. The third-order valence-corrected chi connectivity index (χ3v) is 9.28. The Kier molecular flexibility index (Phi) is 4.90. The molecule has 0 saturated carbocycles. The quantitative estimate of drug-likeness (QED) is 0.190. The molecule has 7 aromatic carbocycles. The van der Waals surface area contributed by atoms with E-state index in [0.29, 0.717) is 11.0 Å². The molecule has 0 unspecified atom stereocenters. The van der Waals surface area contributed by atoms with Crippen LogP contribution < -0.4 is 5.46 Å². The van der Waals surface area contributed by atoms with Crippen LogP contribution in [0.2, 0.25) is 0 Å². The Labute approximate surface area is 275 Å². The molecule has 1 aliphatic heterocycles. The van der Waals surface area contributed by atoms with Gasteiger partial charge in [0.15, 0.2) is 0 Å². The van der Waals surface area contributed by atoms with E-state index in [2.05, 4.69) is 60.7 Å². The van der Waals surface area contributed by atoms with Crippen molar-refractivity contribution >= 4 is 44.9 Å². The van der Waals surface area contributed by atoms with Crippen molar-refractivity contribution in [2.24, 2.45) is 0 Å². The molecule has 1 heterocycles. The lowest BCUT2D eigenvalue weighted by Crippen LogP contribution is -2.41. The van der Waals surface area contributed by atoms with E-state index in [-0.39, 0.29) is 34.5 Å². The van der Waals surface area contributed by atoms with E-state index >= 15 is 0 Å². The molecule has 0 spiro atoms. The minimum atomic E-state index is -0.759. The molecule has 2 nitrogen and oxygen atoms in total. The Morgan fingerprint density at radius 3 is 1.62 bits per heavy atom. The lowest BCUT2D eigenvalue weighted by Gasteiger charge is -2.32. The maximum absolute atomic E-state index is 9.23. The van der Waals surface area contributed by atoms with E-state index in [9.17, 15) is 1.37 Å². The number of hydrogen-bond donors (Lipinski definition) is 0. The zero-order chi connectivity index (χ0) is 36.9. The highest BCUT2D eigenvalue weighted by molar-refractivity contribution is 6.62. The van der Waals surface area contributed by atoms with Crippen molar-refractivity contribution in [1.29, 1.82) is 0 Å². The van der Waals surface area contributed by atoms with Gasteiger partial charge in [0.05, 0.1) is 20.8 Å². The molecule has 0 bridgehead atoms. The van der Waals surface area contributed by atoms with E-state index < -0.39 is 42.5 Å². The third-order valence-electron chi connectivity index (χ3n) is 9.28. The van der Waals surface area contributed by atoms with E-state index in [1.54, 1.807) is 6.07 Å². The standard InChI is InChI=1S/C42H35BO2/c1-41(2)42(3,4)45-43(44-41)40-26-38(36-16-14-29-10-6-8-12-31(29)22-36)25-39(27-40)37-20-19-34-23-33(17-18-35(34)24-37)32-15-13-28-9-5-7-11-30(28)21-32/h5-27H,1-4H3/i6D,8D,10D,12D,14D,16D,22D. The molecule has 7 aromatic rings. The number of benzene rings is 7. The van der Waals surface area contributed by atoms with Gasteiger partial charge in [-0.05, 0) is 129 Å². The summed E-state index contributed by atoms with van der Waals surface area (Å²) >= 11 is 0. The van der Waals surface area contributed by atoms with Gasteiger partial charge in [0.25, 0.3) is 0 Å². The van der Waals surface area contributed by atoms with Crippen LogP contribution in [0.4, 0.5) is 0 Å². The van der Waals surface area contributed by atoms with Crippen molar-refractivity contribution in [2.75, 3.05) is 0 Å². The van der Waals surface area contributed by atoms with Crippen molar-refractivity contribution in [3.05, 3.63) is 139 Å². The second kappa shape index (κ2) is 10.4. The maximum atomic E-state index is 9.23. The van der Waals surface area contributed by atoms with E-state index in [1.807, 2.05) is 58.0 Å². The van der Waals surface area contributed by atoms with Gasteiger partial charge in [-0.3, -0.25) is 0 Å². The Morgan fingerprint density at radius 2 is 0.978 bits per heavy atom. The van der Waals surface area contributed by atoms with E-state index in [1.165, 1.54) is 10.8 Å². The van der Waals surface area contributed by atoms with Gasteiger partial charge >= 0.3 is 7.12 Å². The molecule has 0 aromatic heterocycles. The van der Waals surface area contributed by atoms with Crippen molar-refractivity contribution in [3.8, 4) is 33.4 Å². The van der Waals surface area contributed by atoms with Crippen LogP contribution in [0.5, 0.6) is 0 Å². The highest BCUT2D eigenvalue weighted by Crippen LogP contribution is 2.38. The summed E-state index contributed by atoms with van der Waals surface area (Å²) in [4.78, 5) is 0. The summed E-state index contributed by atoms with van der Waals surface area (Å²) in [5.41, 5.74) is 3.88. The molecule has 218 valence electrons. The largest absolute Gasteiger partial charge is 0.494 e. The van der Waals surface area contributed by atoms with Crippen molar-refractivity contribution < 1.29 is 18.9 Å². The van der Waals surface area contributed by atoms with Crippen LogP contribution in [0.25, 0.3) is 65.7 Å². The normalized spacial score (nSPS) is 17.9. The van der Waals surface area contributed by atoms with Gasteiger partial charge in [-0.2, -0.15) is 0 Å². The summed E-state index contributed by atoms with van der Waals surface area (Å²) in [6, 6.07) is 30.4. The Hall–Kier alpha value is -4.70. The average molecular weight is 590 g/mol. The molecule has 8 rings (SSSR count). The first-order valence-electron chi connectivity index (χ1n) is 18.7. The monoisotopic (exact) mass is 589 g/mol. The first-order chi connectivity index (χ1) is 24.6. The molecule has 1 aliphatic rings. The Balaban J connectivity index is 1.30. The first-order valence-corrected chi connectivity index (χ1v) is 15.2. The molecular formula is C42H35BO2. The van der Waals surface area contributed by atoms with Crippen molar-refractivity contribution in [2.45, 2.75) is 38.9 Å². The summed E-state index contributed by atoms with van der Waals surface area (Å²) in [6.45, 7) is 7.89. The fraction of sp³-hybridized carbons (Fsp3) is 0.143. The molecule has 0 atom stereocenters. The summed E-state index contributed by atoms with van der Waals surface area (Å²) in [6.07, 6.45) is 0. The zero-order valence-electron chi connectivity index (χ0n) is 32.6. The highest BCUT2D eigenvalue weighted by Gasteiger charge is 2.51. The molecule has 3 heteroatoms. The molecule has 0 amide bonds. The molecule has 0 radical (unpaired) electrons. The van der Waals surface area contributed by atoms with Crippen molar-refractivity contribution in [3.63, 3.8) is 0 Å². The van der Waals surface area contributed by atoms with E-state index in [0.717, 1.165) is 33.0 Å². The predicted molar refractivity (Wildman–Crippen MR) is 191 cm³/mol. The zero-order valence-corrected chi connectivity index (χ0v) is 25.6. The summed E-state index contributed by atoms with van der Waals surface area (Å²) < 4.78 is 73.5. The second-order valence-electron chi connectivity index (χ2n) is 12.8. The summed E-state index contributed by atoms with van der Waals surface area (Å²) in [5, 5.41) is 4.26. The molecule has 1 fully saturated rings. The lowest BCUT2D eigenvalue weighted by molar-refractivity contribution is 0.00578. The van der Waals surface area contributed by atoms with Crippen LogP contribution in [-0.2, 0) is 9.31 Å². The van der Waals surface area contributed by atoms with Crippen molar-refractivity contribution in [1.82, 2.24) is 0 Å². The van der Waals surface area contributed by atoms with Gasteiger partial charge in [0.2, 0.25) is 0 Å². The van der Waals surface area contributed by atoms with Crippen LogP contribution in [0.3, 0.4) is 0 Å². The topological polar surface area (TPSA) is 18.5 Å².